The van der Waals surface area contributed by atoms with Crippen LogP contribution in [0.2, 0.25) is 0 Å². The number of hydrogen-bond acceptors (Lipinski definition) is 5. The van der Waals surface area contributed by atoms with Crippen molar-refractivity contribution in [2.75, 3.05) is 18.0 Å². The Bertz CT molecular complexity index is 290. The number of nitrogens with zero attached hydrogens (tertiary/aromatic N) is 5. The van der Waals surface area contributed by atoms with Crippen molar-refractivity contribution in [3.05, 3.63) is 0 Å². The zero-order valence-corrected chi connectivity index (χ0v) is 9.10. The molecule has 0 unspecified atom stereocenters. The maximum Gasteiger partial charge on any atom is 0.245 e. The molecule has 0 bridgehead atoms. The molecule has 6 nitrogen and oxygen atoms in total. The van der Waals surface area contributed by atoms with Crippen molar-refractivity contribution in [1.82, 2.24) is 20.2 Å². The second-order valence-corrected chi connectivity index (χ2v) is 3.93. The van der Waals surface area contributed by atoms with Crippen LogP contribution in [-0.4, -0.2) is 44.0 Å². The molecular weight excluding hydrogens is 182 g/mol. The number of anilines is 1. The van der Waals surface area contributed by atoms with Crippen molar-refractivity contribution < 1.29 is 5.11 Å². The third-order valence-electron chi connectivity index (χ3n) is 1.84. The van der Waals surface area contributed by atoms with E-state index in [1.807, 2.05) is 11.8 Å². The van der Waals surface area contributed by atoms with E-state index in [-0.39, 0.29) is 0 Å². The summed E-state index contributed by atoms with van der Waals surface area (Å²) in [5.74, 6) is 0.676. The fraction of sp³-hybridized carbons (Fsp3) is 0.875. The van der Waals surface area contributed by atoms with Crippen molar-refractivity contribution >= 4 is 5.95 Å². The topological polar surface area (TPSA) is 67.1 Å². The first kappa shape index (κ1) is 10.9. The second kappa shape index (κ2) is 3.91. The Balaban J connectivity index is 2.78. The molecule has 1 heterocycles. The first-order valence-electron chi connectivity index (χ1n) is 4.63. The molecule has 80 valence electrons. The van der Waals surface area contributed by atoms with E-state index in [2.05, 4.69) is 15.5 Å². The Labute approximate surface area is 83.5 Å². The Morgan fingerprint density at radius 1 is 1.50 bits per heavy atom. The summed E-state index contributed by atoms with van der Waals surface area (Å²) in [6.07, 6.45) is 0. The monoisotopic (exact) mass is 199 g/mol. The van der Waals surface area contributed by atoms with Gasteiger partial charge in [0.05, 0.1) is 5.60 Å². The maximum atomic E-state index is 9.69. The fourth-order valence-electron chi connectivity index (χ4n) is 1.28. The van der Waals surface area contributed by atoms with Crippen LogP contribution < -0.4 is 4.90 Å². The van der Waals surface area contributed by atoms with Gasteiger partial charge in [-0.3, -0.25) is 0 Å². The van der Waals surface area contributed by atoms with Crippen molar-refractivity contribution in [3.8, 4) is 0 Å². The highest BCUT2D eigenvalue weighted by molar-refractivity contribution is 5.27. The lowest BCUT2D eigenvalue weighted by molar-refractivity contribution is 0.0871. The number of aliphatic hydroxyl groups is 1. The minimum Gasteiger partial charge on any atom is -0.389 e. The minimum absolute atomic E-state index is 0.512. The molecule has 0 aliphatic heterocycles. The molecule has 1 aromatic heterocycles. The van der Waals surface area contributed by atoms with Crippen LogP contribution in [0.25, 0.3) is 0 Å². The molecule has 6 heteroatoms. The molecule has 14 heavy (non-hydrogen) atoms. The van der Waals surface area contributed by atoms with Gasteiger partial charge in [0.25, 0.3) is 0 Å². The molecule has 1 aromatic rings. The van der Waals surface area contributed by atoms with Crippen LogP contribution in [0.3, 0.4) is 0 Å². The van der Waals surface area contributed by atoms with Crippen molar-refractivity contribution in [3.63, 3.8) is 0 Å². The second-order valence-electron chi connectivity index (χ2n) is 3.93. The number of rotatable bonds is 4. The molecule has 0 aromatic carbocycles. The lowest BCUT2D eigenvalue weighted by atomic mass is 10.1. The smallest absolute Gasteiger partial charge is 0.245 e. The summed E-state index contributed by atoms with van der Waals surface area (Å²) in [7, 11) is 1.78. The molecule has 0 aliphatic carbocycles. The largest absolute Gasteiger partial charge is 0.389 e. The average Bonchev–Trinajstić information content (AvgIpc) is 2.45. The molecular formula is C8H17N5O. The van der Waals surface area contributed by atoms with Crippen molar-refractivity contribution in [2.24, 2.45) is 7.05 Å². The molecule has 0 fully saturated rings. The highest BCUT2D eigenvalue weighted by Crippen LogP contribution is 2.11. The van der Waals surface area contributed by atoms with E-state index in [9.17, 15) is 5.11 Å². The fourth-order valence-corrected chi connectivity index (χ4v) is 1.28. The van der Waals surface area contributed by atoms with Crippen LogP contribution in [0.5, 0.6) is 0 Å². The summed E-state index contributed by atoms with van der Waals surface area (Å²) < 4.78 is 1.59. The van der Waals surface area contributed by atoms with Crippen LogP contribution in [0.4, 0.5) is 5.95 Å². The molecule has 0 spiro atoms. The van der Waals surface area contributed by atoms with E-state index in [4.69, 9.17) is 0 Å². The van der Waals surface area contributed by atoms with Gasteiger partial charge in [-0.1, -0.05) is 5.10 Å². The minimum atomic E-state index is -0.748. The van der Waals surface area contributed by atoms with Gasteiger partial charge < -0.3 is 10.0 Å². The summed E-state index contributed by atoms with van der Waals surface area (Å²) in [5.41, 5.74) is -0.748. The van der Waals surface area contributed by atoms with Crippen LogP contribution in [-0.2, 0) is 7.05 Å². The summed E-state index contributed by atoms with van der Waals surface area (Å²) in [5, 5.41) is 20.9. The standard InChI is InChI=1S/C8H17N5O/c1-5-13(6-8(2,3)14)7-9-10-11-12(7)4/h14H,5-6H2,1-4H3. The van der Waals surface area contributed by atoms with Crippen LogP contribution >= 0.6 is 0 Å². The van der Waals surface area contributed by atoms with Crippen LogP contribution in [0, 0.1) is 0 Å². The first-order valence-corrected chi connectivity index (χ1v) is 4.63. The average molecular weight is 199 g/mol. The summed E-state index contributed by atoms with van der Waals surface area (Å²) >= 11 is 0. The van der Waals surface area contributed by atoms with Gasteiger partial charge in [-0.25, -0.2) is 4.68 Å². The van der Waals surface area contributed by atoms with E-state index >= 15 is 0 Å². The van der Waals surface area contributed by atoms with Gasteiger partial charge in [-0.15, -0.1) is 0 Å². The lowest BCUT2D eigenvalue weighted by Gasteiger charge is -2.27. The van der Waals surface area contributed by atoms with Gasteiger partial charge in [-0.05, 0) is 31.2 Å². The lowest BCUT2D eigenvalue weighted by Crippen LogP contribution is -2.39. The third-order valence-corrected chi connectivity index (χ3v) is 1.84. The molecule has 0 amide bonds. The summed E-state index contributed by atoms with van der Waals surface area (Å²) in [6.45, 7) is 6.80. The Morgan fingerprint density at radius 2 is 2.14 bits per heavy atom. The molecule has 0 saturated carbocycles. The molecule has 0 saturated heterocycles. The molecule has 1 N–H and O–H groups in total. The quantitative estimate of drug-likeness (QED) is 0.728. The molecule has 1 rings (SSSR count). The van der Waals surface area contributed by atoms with Gasteiger partial charge in [0, 0.05) is 20.1 Å². The number of aryl methyl sites for hydroxylation is 1. The molecule has 0 aliphatic rings. The van der Waals surface area contributed by atoms with E-state index in [1.54, 1.807) is 25.6 Å². The van der Waals surface area contributed by atoms with Gasteiger partial charge in [0.15, 0.2) is 0 Å². The summed E-state index contributed by atoms with van der Waals surface area (Å²) in [6, 6.07) is 0. The first-order chi connectivity index (χ1) is 6.44. The number of tetrazole rings is 1. The number of aromatic nitrogens is 4. The predicted molar refractivity (Wildman–Crippen MR) is 53.0 cm³/mol. The zero-order chi connectivity index (χ0) is 10.8. The highest BCUT2D eigenvalue weighted by Gasteiger charge is 2.20. The number of likely N-dealkylation sites (N-methyl/N-ethyl adjacent to an activating group) is 1. The third kappa shape index (κ3) is 2.66. The van der Waals surface area contributed by atoms with E-state index in [0.717, 1.165) is 6.54 Å². The Morgan fingerprint density at radius 3 is 2.50 bits per heavy atom. The van der Waals surface area contributed by atoms with E-state index < -0.39 is 5.60 Å². The van der Waals surface area contributed by atoms with Gasteiger partial charge in [-0.2, -0.15) is 0 Å². The van der Waals surface area contributed by atoms with E-state index in [0.29, 0.717) is 12.5 Å². The highest BCUT2D eigenvalue weighted by atomic mass is 16.3. The maximum absolute atomic E-state index is 9.69. The summed E-state index contributed by atoms with van der Waals surface area (Å²) in [4.78, 5) is 1.93. The molecule has 0 radical (unpaired) electrons. The van der Waals surface area contributed by atoms with Gasteiger partial charge >= 0.3 is 0 Å². The van der Waals surface area contributed by atoms with Crippen LogP contribution in [0.15, 0.2) is 0 Å². The van der Waals surface area contributed by atoms with Crippen molar-refractivity contribution in [1.29, 1.82) is 0 Å². The normalized spacial score (nSPS) is 11.8. The van der Waals surface area contributed by atoms with Crippen molar-refractivity contribution in [2.45, 2.75) is 26.4 Å². The Kier molecular flexibility index (Phi) is 3.05. The SMILES string of the molecule is CCN(CC(C)(C)O)c1nnnn1C. The molecule has 0 atom stereocenters. The number of hydrogen-bond donors (Lipinski definition) is 1. The van der Waals surface area contributed by atoms with E-state index in [1.165, 1.54) is 0 Å². The van der Waals surface area contributed by atoms with Gasteiger partial charge in [0.1, 0.15) is 0 Å². The van der Waals surface area contributed by atoms with Crippen LogP contribution in [0.1, 0.15) is 20.8 Å². The Hall–Kier alpha value is -1.17. The van der Waals surface area contributed by atoms with Gasteiger partial charge in [0.2, 0.25) is 5.95 Å². The zero-order valence-electron chi connectivity index (χ0n) is 9.10. The predicted octanol–water partition coefficient (Wildman–Crippen LogP) is -0.193.